The minimum atomic E-state index is 0.139. The standard InChI is InChI=1S/C18H25N3O2/c22-17(15-3-1-7-19-11-15)21-8-2-5-18(14-21)6-9-20(13-18)16-4-10-23-12-16/h1,3,7,11,16H,2,4-6,8-10,12-14H2/t16-,18+/m0/s1. The SMILES string of the molecule is O=C(c1cccnc1)N1CCC[C@]2(CCN([C@H]3CCOC3)C2)C1. The minimum absolute atomic E-state index is 0.139. The van der Waals surface area contributed by atoms with Crippen molar-refractivity contribution in [2.24, 2.45) is 5.41 Å². The van der Waals surface area contributed by atoms with Crippen molar-refractivity contribution in [3.63, 3.8) is 0 Å². The van der Waals surface area contributed by atoms with Gasteiger partial charge in [-0.1, -0.05) is 0 Å². The fraction of sp³-hybridized carbons (Fsp3) is 0.667. The summed E-state index contributed by atoms with van der Waals surface area (Å²) in [6, 6.07) is 4.30. The fourth-order valence-corrected chi connectivity index (χ4v) is 4.48. The van der Waals surface area contributed by atoms with E-state index < -0.39 is 0 Å². The molecular weight excluding hydrogens is 290 g/mol. The van der Waals surface area contributed by atoms with Crippen molar-refractivity contribution in [2.45, 2.75) is 31.7 Å². The molecular formula is C18H25N3O2. The molecule has 0 aromatic carbocycles. The van der Waals surface area contributed by atoms with Gasteiger partial charge in [0.25, 0.3) is 5.91 Å². The summed E-state index contributed by atoms with van der Waals surface area (Å²) in [6.07, 6.45) is 8.12. The third-order valence-electron chi connectivity index (χ3n) is 5.75. The van der Waals surface area contributed by atoms with Gasteiger partial charge in [-0.3, -0.25) is 14.7 Å². The smallest absolute Gasteiger partial charge is 0.255 e. The van der Waals surface area contributed by atoms with Crippen LogP contribution in [0.1, 0.15) is 36.0 Å². The molecule has 124 valence electrons. The first-order valence-electron chi connectivity index (χ1n) is 8.77. The zero-order valence-electron chi connectivity index (χ0n) is 13.6. The molecule has 4 heterocycles. The number of carbonyl (C=O) groups is 1. The van der Waals surface area contributed by atoms with E-state index in [0.29, 0.717) is 17.0 Å². The Balaban J connectivity index is 1.44. The Labute approximate surface area is 137 Å². The first-order chi connectivity index (χ1) is 11.3. The quantitative estimate of drug-likeness (QED) is 0.835. The normalized spacial score (nSPS) is 31.8. The summed E-state index contributed by atoms with van der Waals surface area (Å²) in [5.41, 5.74) is 1.00. The van der Waals surface area contributed by atoms with Crippen molar-refractivity contribution < 1.29 is 9.53 Å². The molecule has 23 heavy (non-hydrogen) atoms. The third kappa shape index (κ3) is 3.00. The highest BCUT2D eigenvalue weighted by molar-refractivity contribution is 5.94. The highest BCUT2D eigenvalue weighted by Crippen LogP contribution is 2.40. The van der Waals surface area contributed by atoms with Crippen LogP contribution in [0, 0.1) is 5.41 Å². The monoisotopic (exact) mass is 315 g/mol. The lowest BCUT2D eigenvalue weighted by Crippen LogP contribution is -2.48. The molecule has 1 spiro atoms. The molecule has 3 fully saturated rings. The minimum Gasteiger partial charge on any atom is -0.380 e. The molecule has 3 saturated heterocycles. The summed E-state index contributed by atoms with van der Waals surface area (Å²) in [6.45, 7) is 5.84. The second-order valence-corrected chi connectivity index (χ2v) is 7.31. The van der Waals surface area contributed by atoms with Crippen LogP contribution in [0.25, 0.3) is 0 Å². The number of rotatable bonds is 2. The van der Waals surface area contributed by atoms with Gasteiger partial charge < -0.3 is 9.64 Å². The zero-order valence-corrected chi connectivity index (χ0v) is 13.6. The maximum absolute atomic E-state index is 12.7. The molecule has 2 atom stereocenters. The molecule has 1 amide bonds. The first kappa shape index (κ1) is 15.1. The van der Waals surface area contributed by atoms with E-state index in [9.17, 15) is 4.79 Å². The van der Waals surface area contributed by atoms with Crippen LogP contribution in [0.15, 0.2) is 24.5 Å². The van der Waals surface area contributed by atoms with Gasteiger partial charge in [0.1, 0.15) is 0 Å². The Bertz CT molecular complexity index is 559. The van der Waals surface area contributed by atoms with Gasteiger partial charge in [0.15, 0.2) is 0 Å². The Morgan fingerprint density at radius 1 is 1.30 bits per heavy atom. The first-order valence-corrected chi connectivity index (χ1v) is 8.77. The van der Waals surface area contributed by atoms with Crippen LogP contribution in [0.3, 0.4) is 0 Å². The number of likely N-dealkylation sites (tertiary alicyclic amines) is 2. The van der Waals surface area contributed by atoms with E-state index in [1.54, 1.807) is 12.4 Å². The molecule has 4 rings (SSSR count). The Hall–Kier alpha value is -1.46. The van der Waals surface area contributed by atoms with E-state index >= 15 is 0 Å². The highest BCUT2D eigenvalue weighted by atomic mass is 16.5. The number of hydrogen-bond donors (Lipinski definition) is 0. The largest absolute Gasteiger partial charge is 0.380 e. The summed E-state index contributed by atoms with van der Waals surface area (Å²) in [5, 5.41) is 0. The summed E-state index contributed by atoms with van der Waals surface area (Å²) >= 11 is 0. The van der Waals surface area contributed by atoms with Crippen LogP contribution < -0.4 is 0 Å². The molecule has 1 aromatic rings. The van der Waals surface area contributed by atoms with Crippen molar-refractivity contribution in [1.82, 2.24) is 14.8 Å². The second kappa shape index (κ2) is 6.21. The number of hydrogen-bond acceptors (Lipinski definition) is 4. The number of pyridine rings is 1. The van der Waals surface area contributed by atoms with Gasteiger partial charge in [-0.25, -0.2) is 0 Å². The number of piperidine rings is 1. The summed E-state index contributed by atoms with van der Waals surface area (Å²) in [4.78, 5) is 21.5. The van der Waals surface area contributed by atoms with Crippen molar-refractivity contribution in [3.05, 3.63) is 30.1 Å². The van der Waals surface area contributed by atoms with E-state index in [-0.39, 0.29) is 5.91 Å². The lowest BCUT2D eigenvalue weighted by atomic mass is 9.79. The van der Waals surface area contributed by atoms with Gasteiger partial charge in [0.05, 0.1) is 12.2 Å². The molecule has 0 aliphatic carbocycles. The molecule has 0 radical (unpaired) electrons. The van der Waals surface area contributed by atoms with Crippen LogP contribution in [-0.2, 0) is 4.74 Å². The fourth-order valence-electron chi connectivity index (χ4n) is 4.48. The maximum Gasteiger partial charge on any atom is 0.255 e. The third-order valence-corrected chi connectivity index (χ3v) is 5.75. The summed E-state index contributed by atoms with van der Waals surface area (Å²) in [5.74, 6) is 0.139. The number of nitrogens with zero attached hydrogens (tertiary/aromatic N) is 3. The Kier molecular flexibility index (Phi) is 4.07. The van der Waals surface area contributed by atoms with E-state index in [1.807, 2.05) is 12.1 Å². The van der Waals surface area contributed by atoms with Gasteiger partial charge >= 0.3 is 0 Å². The summed E-state index contributed by atoms with van der Waals surface area (Å²) in [7, 11) is 0. The average Bonchev–Trinajstić information content (AvgIpc) is 3.25. The molecule has 0 bridgehead atoms. The number of aromatic nitrogens is 1. The van der Waals surface area contributed by atoms with Gasteiger partial charge in [-0.2, -0.15) is 0 Å². The predicted octanol–water partition coefficient (Wildman–Crippen LogP) is 1.80. The predicted molar refractivity (Wildman–Crippen MR) is 87.2 cm³/mol. The van der Waals surface area contributed by atoms with Gasteiger partial charge in [0.2, 0.25) is 0 Å². The Morgan fingerprint density at radius 2 is 2.26 bits per heavy atom. The van der Waals surface area contributed by atoms with Crippen LogP contribution in [-0.4, -0.2) is 66.1 Å². The van der Waals surface area contributed by atoms with Gasteiger partial charge in [0, 0.05) is 50.1 Å². The van der Waals surface area contributed by atoms with Crippen molar-refractivity contribution >= 4 is 5.91 Å². The molecule has 1 aromatic heterocycles. The highest BCUT2D eigenvalue weighted by Gasteiger charge is 2.44. The molecule has 3 aliphatic heterocycles. The maximum atomic E-state index is 12.7. The average molecular weight is 315 g/mol. The van der Waals surface area contributed by atoms with E-state index in [1.165, 1.54) is 12.8 Å². The van der Waals surface area contributed by atoms with E-state index in [4.69, 9.17) is 4.74 Å². The van der Waals surface area contributed by atoms with Crippen molar-refractivity contribution in [3.8, 4) is 0 Å². The lowest BCUT2D eigenvalue weighted by molar-refractivity contribution is 0.0510. The second-order valence-electron chi connectivity index (χ2n) is 7.31. The molecule has 0 unspecified atom stereocenters. The molecule has 3 aliphatic rings. The van der Waals surface area contributed by atoms with Gasteiger partial charge in [-0.15, -0.1) is 0 Å². The van der Waals surface area contributed by atoms with Crippen LogP contribution in [0.4, 0.5) is 0 Å². The number of carbonyl (C=O) groups excluding carboxylic acids is 1. The molecule has 0 N–H and O–H groups in total. The van der Waals surface area contributed by atoms with Crippen LogP contribution in [0.2, 0.25) is 0 Å². The molecule has 5 nitrogen and oxygen atoms in total. The van der Waals surface area contributed by atoms with Crippen LogP contribution in [0.5, 0.6) is 0 Å². The topological polar surface area (TPSA) is 45.7 Å². The van der Waals surface area contributed by atoms with Crippen molar-refractivity contribution in [1.29, 1.82) is 0 Å². The lowest BCUT2D eigenvalue weighted by Gasteiger charge is -2.41. The zero-order chi connectivity index (χ0) is 15.7. The molecule has 5 heteroatoms. The van der Waals surface area contributed by atoms with E-state index in [0.717, 1.165) is 52.2 Å². The number of amides is 1. The Morgan fingerprint density at radius 3 is 3.04 bits per heavy atom. The van der Waals surface area contributed by atoms with E-state index in [2.05, 4.69) is 14.8 Å². The molecule has 0 saturated carbocycles. The van der Waals surface area contributed by atoms with Crippen LogP contribution >= 0.6 is 0 Å². The summed E-state index contributed by atoms with van der Waals surface area (Å²) < 4.78 is 5.55. The van der Waals surface area contributed by atoms with Gasteiger partial charge in [-0.05, 0) is 44.4 Å². The van der Waals surface area contributed by atoms with Crippen molar-refractivity contribution in [2.75, 3.05) is 39.4 Å². The number of ether oxygens (including phenoxy) is 1.